The Labute approximate surface area is 112 Å². The van der Waals surface area contributed by atoms with Gasteiger partial charge in [-0.15, -0.1) is 0 Å². The molecule has 0 spiro atoms. The predicted molar refractivity (Wildman–Crippen MR) is 63.8 cm³/mol. The van der Waals surface area contributed by atoms with E-state index in [0.717, 1.165) is 49.9 Å². The molecule has 0 fully saturated rings. The third-order valence-corrected chi connectivity index (χ3v) is 3.50. The fourth-order valence-corrected chi connectivity index (χ4v) is 2.65. The molecule has 3 nitrogen and oxygen atoms in total. The van der Waals surface area contributed by atoms with Crippen LogP contribution >= 0.6 is 0 Å². The average molecular weight is 269 g/mol. The minimum Gasteiger partial charge on any atom is -0.303 e. The third-order valence-electron chi connectivity index (χ3n) is 3.50. The number of fused-ring (bicyclic) bond motifs is 2. The number of nitrogens with one attached hydrogen (secondary N) is 2. The first-order valence-corrected chi connectivity index (χ1v) is 5.94. The summed E-state index contributed by atoms with van der Waals surface area (Å²) < 4.78 is 0. The first kappa shape index (κ1) is 12.5. The van der Waals surface area contributed by atoms with E-state index in [1.54, 1.807) is 0 Å². The smallest absolute Gasteiger partial charge is 0.0877 e. The molecule has 1 aromatic heterocycles. The summed E-state index contributed by atoms with van der Waals surface area (Å²) in [5.74, 6) is 0. The normalized spacial score (nSPS) is 18.1. The van der Waals surface area contributed by atoms with E-state index in [2.05, 4.69) is 11.1 Å². The molecule has 0 aliphatic heterocycles. The molecule has 0 saturated carbocycles. The summed E-state index contributed by atoms with van der Waals surface area (Å²) in [5, 5.41) is 15.8. The predicted octanol–water partition coefficient (Wildman–Crippen LogP) is 2.49. The summed E-state index contributed by atoms with van der Waals surface area (Å²) in [6, 6.07) is 2.19. The van der Waals surface area contributed by atoms with Crippen LogP contribution < -0.4 is 0 Å². The number of aryl methyl sites for hydroxylation is 2. The molecule has 0 saturated heterocycles. The van der Waals surface area contributed by atoms with Crippen molar-refractivity contribution in [3.05, 3.63) is 28.6 Å². The Hall–Kier alpha value is -0.991. The number of rotatable bonds is 0. The molecule has 2 aliphatic carbocycles. The zero-order valence-corrected chi connectivity index (χ0v) is 10.7. The van der Waals surface area contributed by atoms with Crippen molar-refractivity contribution in [2.45, 2.75) is 38.5 Å². The number of aromatic nitrogens is 1. The molecular weight excluding hydrogens is 254 g/mol. The maximum atomic E-state index is 7.92. The zero-order chi connectivity index (χ0) is 11.1. The molecule has 3 rings (SSSR count). The summed E-state index contributed by atoms with van der Waals surface area (Å²) in [6.07, 6.45) is 5.92. The van der Waals surface area contributed by atoms with Crippen LogP contribution in [0.4, 0.5) is 0 Å². The van der Waals surface area contributed by atoms with Gasteiger partial charge in [0.05, 0.1) is 22.8 Å². The maximum absolute atomic E-state index is 7.92. The van der Waals surface area contributed by atoms with Gasteiger partial charge in [-0.2, -0.15) is 0 Å². The van der Waals surface area contributed by atoms with Gasteiger partial charge in [0.15, 0.2) is 0 Å². The Kier molecular flexibility index (Phi) is 3.45. The topological polar surface area (TPSA) is 60.6 Å². The van der Waals surface area contributed by atoms with E-state index in [0.29, 0.717) is 11.4 Å². The van der Waals surface area contributed by atoms with Crippen molar-refractivity contribution in [3.8, 4) is 0 Å². The molecule has 90 valence electrons. The molecule has 4 heteroatoms. The summed E-state index contributed by atoms with van der Waals surface area (Å²) in [4.78, 5) is 4.57. The monoisotopic (exact) mass is 269 g/mol. The van der Waals surface area contributed by atoms with Gasteiger partial charge in [-0.3, -0.25) is 0 Å². The second-order valence-electron chi connectivity index (χ2n) is 4.67. The second-order valence-corrected chi connectivity index (χ2v) is 4.67. The molecule has 0 unspecified atom stereocenters. The SMILES string of the molecule is N=C1CCCc2cc3c(nc21)C(=N)CCC3.[Fe]. The Bertz CT molecular complexity index is 452. The van der Waals surface area contributed by atoms with Gasteiger partial charge in [0, 0.05) is 17.1 Å². The van der Waals surface area contributed by atoms with Crippen LogP contribution in [0.3, 0.4) is 0 Å². The first-order valence-electron chi connectivity index (χ1n) is 5.94. The van der Waals surface area contributed by atoms with Gasteiger partial charge in [0.25, 0.3) is 0 Å². The van der Waals surface area contributed by atoms with E-state index < -0.39 is 0 Å². The van der Waals surface area contributed by atoms with E-state index in [-0.39, 0.29) is 17.1 Å². The second kappa shape index (κ2) is 4.71. The van der Waals surface area contributed by atoms with E-state index >= 15 is 0 Å². The van der Waals surface area contributed by atoms with Gasteiger partial charge < -0.3 is 10.8 Å². The molecule has 17 heavy (non-hydrogen) atoms. The summed E-state index contributed by atoms with van der Waals surface area (Å²) in [5.41, 5.74) is 5.48. The van der Waals surface area contributed by atoms with Gasteiger partial charge in [-0.1, -0.05) is 6.07 Å². The average Bonchev–Trinajstić information content (AvgIpc) is 2.28. The number of hydrogen-bond acceptors (Lipinski definition) is 3. The third kappa shape index (κ3) is 2.07. The molecule has 0 aromatic carbocycles. The van der Waals surface area contributed by atoms with Crippen molar-refractivity contribution < 1.29 is 17.1 Å². The van der Waals surface area contributed by atoms with Crippen molar-refractivity contribution in [2.24, 2.45) is 0 Å². The molecule has 2 aliphatic rings. The largest absolute Gasteiger partial charge is 0.303 e. The molecule has 0 radical (unpaired) electrons. The fraction of sp³-hybridized carbons (Fsp3) is 0.462. The maximum Gasteiger partial charge on any atom is 0.0877 e. The molecule has 0 atom stereocenters. The van der Waals surface area contributed by atoms with E-state index in [9.17, 15) is 0 Å². The summed E-state index contributed by atoms with van der Waals surface area (Å²) in [7, 11) is 0. The molecule has 1 heterocycles. The van der Waals surface area contributed by atoms with Gasteiger partial charge in [-0.25, -0.2) is 4.98 Å². The van der Waals surface area contributed by atoms with Crippen LogP contribution in [0.2, 0.25) is 0 Å². The van der Waals surface area contributed by atoms with Crippen LogP contribution in [0.25, 0.3) is 0 Å². The van der Waals surface area contributed by atoms with Crippen LogP contribution in [0, 0.1) is 10.8 Å². The van der Waals surface area contributed by atoms with E-state index in [4.69, 9.17) is 10.8 Å². The van der Waals surface area contributed by atoms with Crippen LogP contribution in [0.1, 0.15) is 48.2 Å². The van der Waals surface area contributed by atoms with Crippen LogP contribution in [-0.2, 0) is 29.9 Å². The van der Waals surface area contributed by atoms with Gasteiger partial charge in [0.2, 0.25) is 0 Å². The molecule has 0 bridgehead atoms. The van der Waals surface area contributed by atoms with Crippen molar-refractivity contribution in [1.82, 2.24) is 4.98 Å². The Balaban J connectivity index is 0.00000108. The minimum atomic E-state index is 0. The first-order chi connectivity index (χ1) is 7.75. The van der Waals surface area contributed by atoms with Crippen LogP contribution in [0.5, 0.6) is 0 Å². The molecule has 1 aromatic rings. The number of nitrogens with zero attached hydrogens (tertiary/aromatic N) is 1. The van der Waals surface area contributed by atoms with E-state index in [1.807, 2.05) is 0 Å². The molecule has 2 N–H and O–H groups in total. The Morgan fingerprint density at radius 3 is 1.76 bits per heavy atom. The Morgan fingerprint density at radius 1 is 0.824 bits per heavy atom. The van der Waals surface area contributed by atoms with E-state index in [1.165, 1.54) is 11.1 Å². The van der Waals surface area contributed by atoms with Gasteiger partial charge >= 0.3 is 0 Å². The number of hydrogen-bond donors (Lipinski definition) is 2. The Morgan fingerprint density at radius 2 is 1.29 bits per heavy atom. The fourth-order valence-electron chi connectivity index (χ4n) is 2.65. The van der Waals surface area contributed by atoms with Gasteiger partial charge in [0.1, 0.15) is 0 Å². The van der Waals surface area contributed by atoms with Crippen molar-refractivity contribution >= 4 is 11.4 Å². The standard InChI is InChI=1S/C13H15N3.Fe/c14-10-5-1-3-8-7-9-4-2-6-11(15)13(9)16-12(8)10;/h7,14-15H,1-6H2;. The van der Waals surface area contributed by atoms with Crippen LogP contribution in [-0.4, -0.2) is 16.4 Å². The zero-order valence-electron chi connectivity index (χ0n) is 9.62. The molecule has 0 amide bonds. The molecular formula is C13H15FeN3. The number of pyridine rings is 1. The van der Waals surface area contributed by atoms with Crippen molar-refractivity contribution in [3.63, 3.8) is 0 Å². The summed E-state index contributed by atoms with van der Waals surface area (Å²) in [6.45, 7) is 0. The minimum absolute atomic E-state index is 0. The van der Waals surface area contributed by atoms with Crippen LogP contribution in [0.15, 0.2) is 6.07 Å². The van der Waals surface area contributed by atoms with Gasteiger partial charge in [-0.05, 0) is 49.7 Å². The van der Waals surface area contributed by atoms with Crippen molar-refractivity contribution in [1.29, 1.82) is 10.8 Å². The van der Waals surface area contributed by atoms with Crippen molar-refractivity contribution in [2.75, 3.05) is 0 Å². The quantitative estimate of drug-likeness (QED) is 0.698. The summed E-state index contributed by atoms with van der Waals surface area (Å²) >= 11 is 0.